The van der Waals surface area contributed by atoms with Crippen molar-refractivity contribution in [3.8, 4) is 0 Å². The molecule has 0 bridgehead atoms. The summed E-state index contributed by atoms with van der Waals surface area (Å²) >= 11 is 5.75. The van der Waals surface area contributed by atoms with E-state index in [0.717, 1.165) is 4.31 Å². The minimum absolute atomic E-state index is 0.0178. The van der Waals surface area contributed by atoms with Gasteiger partial charge in [0, 0.05) is 17.6 Å². The Hall–Kier alpha value is -0.630. The van der Waals surface area contributed by atoms with E-state index < -0.39 is 25.4 Å². The fourth-order valence-corrected chi connectivity index (χ4v) is 6.22. The molecule has 1 fully saturated rings. The number of sulfone groups is 1. The summed E-state index contributed by atoms with van der Waals surface area (Å²) in [6.07, 6.45) is 0.304. The maximum atomic E-state index is 12.5. The van der Waals surface area contributed by atoms with Gasteiger partial charge in [-0.05, 0) is 37.6 Å². The Labute approximate surface area is 124 Å². The Morgan fingerprint density at radius 2 is 1.80 bits per heavy atom. The first kappa shape index (κ1) is 15.8. The van der Waals surface area contributed by atoms with Gasteiger partial charge in [-0.25, -0.2) is 16.8 Å². The van der Waals surface area contributed by atoms with Crippen molar-refractivity contribution in [1.82, 2.24) is 4.31 Å². The van der Waals surface area contributed by atoms with E-state index in [2.05, 4.69) is 0 Å². The molecule has 1 heterocycles. The van der Waals surface area contributed by atoms with E-state index >= 15 is 0 Å². The summed E-state index contributed by atoms with van der Waals surface area (Å²) in [5.41, 5.74) is -0.905. The van der Waals surface area contributed by atoms with Crippen LogP contribution in [0.5, 0.6) is 0 Å². The smallest absolute Gasteiger partial charge is 0.229 e. The van der Waals surface area contributed by atoms with Crippen molar-refractivity contribution in [1.29, 1.82) is 0 Å². The summed E-state index contributed by atoms with van der Waals surface area (Å²) in [5, 5.41) is 0.446. The highest BCUT2D eigenvalue weighted by molar-refractivity contribution is 7.92. The van der Waals surface area contributed by atoms with E-state index in [0.29, 0.717) is 11.4 Å². The van der Waals surface area contributed by atoms with Crippen LogP contribution in [-0.4, -0.2) is 45.2 Å². The zero-order valence-electron chi connectivity index (χ0n) is 11.2. The van der Waals surface area contributed by atoms with E-state index in [-0.39, 0.29) is 16.4 Å². The van der Waals surface area contributed by atoms with E-state index in [1.165, 1.54) is 31.3 Å². The van der Waals surface area contributed by atoms with Gasteiger partial charge < -0.3 is 0 Å². The number of rotatable bonds is 3. The molecule has 0 aliphatic carbocycles. The molecule has 0 amide bonds. The van der Waals surface area contributed by atoms with Crippen molar-refractivity contribution in [2.45, 2.75) is 23.8 Å². The maximum absolute atomic E-state index is 12.5. The second kappa shape index (κ2) is 4.98. The van der Waals surface area contributed by atoms with Gasteiger partial charge in [0.05, 0.1) is 16.4 Å². The summed E-state index contributed by atoms with van der Waals surface area (Å²) in [5.74, 6) is -0.132. The van der Waals surface area contributed by atoms with Crippen molar-refractivity contribution in [2.24, 2.45) is 0 Å². The molecule has 112 valence electrons. The van der Waals surface area contributed by atoms with Gasteiger partial charge >= 0.3 is 0 Å². The topological polar surface area (TPSA) is 71.5 Å². The predicted molar refractivity (Wildman–Crippen MR) is 78.1 cm³/mol. The number of nitrogens with zero attached hydrogens (tertiary/aromatic N) is 1. The van der Waals surface area contributed by atoms with E-state index in [9.17, 15) is 16.8 Å². The molecule has 0 unspecified atom stereocenters. The van der Waals surface area contributed by atoms with E-state index in [1.807, 2.05) is 0 Å². The highest BCUT2D eigenvalue weighted by Gasteiger charge is 2.46. The van der Waals surface area contributed by atoms with Crippen LogP contribution >= 0.6 is 11.6 Å². The number of benzene rings is 1. The molecular formula is C12H16ClNO4S2. The lowest BCUT2D eigenvalue weighted by molar-refractivity contribution is 0.272. The molecule has 5 nitrogen and oxygen atoms in total. The molecule has 20 heavy (non-hydrogen) atoms. The van der Waals surface area contributed by atoms with Crippen LogP contribution in [0.1, 0.15) is 13.3 Å². The summed E-state index contributed by atoms with van der Waals surface area (Å²) in [7, 11) is -5.49. The second-order valence-corrected chi connectivity index (χ2v) is 9.86. The quantitative estimate of drug-likeness (QED) is 0.838. The van der Waals surface area contributed by atoms with Crippen LogP contribution in [0.4, 0.5) is 0 Å². The first-order valence-corrected chi connectivity index (χ1v) is 9.66. The van der Waals surface area contributed by atoms with Gasteiger partial charge in [0.15, 0.2) is 9.84 Å². The van der Waals surface area contributed by atoms with Crippen LogP contribution in [0.3, 0.4) is 0 Å². The Bertz CT molecular complexity index is 712. The minimum Gasteiger partial charge on any atom is -0.229 e. The normalized spacial score (nSPS) is 26.0. The van der Waals surface area contributed by atoms with Crippen LogP contribution in [0, 0.1) is 0 Å². The van der Waals surface area contributed by atoms with Gasteiger partial charge in [-0.3, -0.25) is 0 Å². The standard InChI is InChI=1S/C12H16ClNO4S2/c1-12(7-8-19(15,16)9-12)14(2)20(17,18)11-5-3-10(13)4-6-11/h3-6H,7-9H2,1-2H3/t12-/m1/s1. The number of hydrogen-bond acceptors (Lipinski definition) is 4. The summed E-state index contributed by atoms with van der Waals surface area (Å²) in [4.78, 5) is 0.106. The first-order valence-electron chi connectivity index (χ1n) is 6.02. The molecule has 0 N–H and O–H groups in total. The van der Waals surface area contributed by atoms with Gasteiger partial charge in [-0.1, -0.05) is 11.6 Å². The molecule has 0 spiro atoms. The number of halogens is 1. The molecule has 1 aromatic carbocycles. The van der Waals surface area contributed by atoms with Gasteiger partial charge in [0.1, 0.15) is 0 Å². The Morgan fingerprint density at radius 1 is 1.25 bits per heavy atom. The van der Waals surface area contributed by atoms with Crippen molar-refractivity contribution >= 4 is 31.5 Å². The van der Waals surface area contributed by atoms with E-state index in [1.54, 1.807) is 6.92 Å². The molecular weight excluding hydrogens is 322 g/mol. The van der Waals surface area contributed by atoms with Crippen molar-refractivity contribution < 1.29 is 16.8 Å². The number of hydrogen-bond donors (Lipinski definition) is 0. The molecule has 8 heteroatoms. The van der Waals surface area contributed by atoms with Gasteiger partial charge in [-0.15, -0.1) is 0 Å². The van der Waals surface area contributed by atoms with Crippen LogP contribution in [0.15, 0.2) is 29.2 Å². The van der Waals surface area contributed by atoms with Gasteiger partial charge in [0.25, 0.3) is 0 Å². The molecule has 1 aliphatic heterocycles. The Morgan fingerprint density at radius 3 is 2.25 bits per heavy atom. The summed E-state index contributed by atoms with van der Waals surface area (Å²) in [6, 6.07) is 5.83. The first-order chi connectivity index (χ1) is 9.07. The zero-order valence-corrected chi connectivity index (χ0v) is 13.6. The fraction of sp³-hybridized carbons (Fsp3) is 0.500. The number of sulfonamides is 1. The molecule has 1 aliphatic rings. The lowest BCUT2D eigenvalue weighted by Crippen LogP contribution is -2.48. The van der Waals surface area contributed by atoms with Crippen molar-refractivity contribution in [3.63, 3.8) is 0 Å². The molecule has 0 radical (unpaired) electrons. The molecule has 1 aromatic rings. The average Bonchev–Trinajstić information content (AvgIpc) is 2.64. The molecule has 1 atom stereocenters. The lowest BCUT2D eigenvalue weighted by Gasteiger charge is -2.33. The lowest BCUT2D eigenvalue weighted by atomic mass is 10.0. The maximum Gasteiger partial charge on any atom is 0.243 e. The summed E-state index contributed by atoms with van der Waals surface area (Å²) in [6.45, 7) is 1.66. The monoisotopic (exact) mass is 337 g/mol. The highest BCUT2D eigenvalue weighted by atomic mass is 35.5. The highest BCUT2D eigenvalue weighted by Crippen LogP contribution is 2.32. The fourth-order valence-electron chi connectivity index (χ4n) is 2.30. The molecule has 1 saturated heterocycles. The Balaban J connectivity index is 2.37. The van der Waals surface area contributed by atoms with Crippen molar-refractivity contribution in [3.05, 3.63) is 29.3 Å². The largest absolute Gasteiger partial charge is 0.243 e. The summed E-state index contributed by atoms with van der Waals surface area (Å²) < 4.78 is 49.5. The second-order valence-electron chi connectivity index (χ2n) is 5.27. The van der Waals surface area contributed by atoms with Crippen LogP contribution in [0.2, 0.25) is 5.02 Å². The molecule has 2 rings (SSSR count). The van der Waals surface area contributed by atoms with Crippen LogP contribution in [-0.2, 0) is 19.9 Å². The minimum atomic E-state index is -3.74. The average molecular weight is 338 g/mol. The van der Waals surface area contributed by atoms with Crippen LogP contribution in [0.25, 0.3) is 0 Å². The Kier molecular flexibility index (Phi) is 3.92. The van der Waals surface area contributed by atoms with Crippen LogP contribution < -0.4 is 0 Å². The van der Waals surface area contributed by atoms with Crippen molar-refractivity contribution in [2.75, 3.05) is 18.6 Å². The molecule has 0 saturated carbocycles. The third-order valence-corrected chi connectivity index (χ3v) is 7.88. The zero-order chi connectivity index (χ0) is 15.2. The SMILES string of the molecule is CN([C@]1(C)CCS(=O)(=O)C1)S(=O)(=O)c1ccc(Cl)cc1. The van der Waals surface area contributed by atoms with Gasteiger partial charge in [0.2, 0.25) is 10.0 Å². The third kappa shape index (κ3) is 2.86. The third-order valence-electron chi connectivity index (χ3n) is 3.71. The molecule has 0 aromatic heterocycles. The predicted octanol–water partition coefficient (Wildman–Crippen LogP) is 1.54. The van der Waals surface area contributed by atoms with Gasteiger partial charge in [-0.2, -0.15) is 4.31 Å². The van der Waals surface area contributed by atoms with E-state index in [4.69, 9.17) is 11.6 Å².